The number of hydrogen-bond donors (Lipinski definition) is 1. The number of H-pyrrole nitrogens is 1. The van der Waals surface area contributed by atoms with Crippen LogP contribution >= 0.6 is 0 Å². The molecule has 15 heavy (non-hydrogen) atoms. The van der Waals surface area contributed by atoms with Crippen LogP contribution < -0.4 is 0 Å². The Hall–Kier alpha value is -1.71. The molecule has 0 aliphatic carbocycles. The van der Waals surface area contributed by atoms with Crippen LogP contribution in [0.25, 0.3) is 11.2 Å². The predicted octanol–water partition coefficient (Wildman–Crippen LogP) is 1.82. The van der Waals surface area contributed by atoms with E-state index in [1.807, 2.05) is 6.07 Å². The van der Waals surface area contributed by atoms with Crippen LogP contribution in [0.5, 0.6) is 0 Å². The number of hydrogen-bond acceptors (Lipinski definition) is 3. The molecule has 0 unspecified atom stereocenters. The Kier molecular flexibility index (Phi) is 2.49. The second kappa shape index (κ2) is 3.81. The average molecular weight is 203 g/mol. The van der Waals surface area contributed by atoms with Crippen LogP contribution in [-0.2, 0) is 11.2 Å². The topological polar surface area (TPSA) is 58.6 Å². The fourth-order valence-corrected chi connectivity index (χ4v) is 1.44. The molecule has 2 aromatic rings. The van der Waals surface area contributed by atoms with Crippen molar-refractivity contribution >= 4 is 17.5 Å². The molecule has 0 fully saturated rings. The number of fused-ring (bicyclic) bond motifs is 1. The molecule has 0 aliphatic heterocycles. The summed E-state index contributed by atoms with van der Waals surface area (Å²) in [4.78, 5) is 22.1. The van der Waals surface area contributed by atoms with Gasteiger partial charge in [0.05, 0.1) is 5.52 Å². The first-order chi connectivity index (χ1) is 7.20. The van der Waals surface area contributed by atoms with Gasteiger partial charge in [-0.05, 0) is 11.6 Å². The standard InChI is InChI=1S/C11H13N3O/c1-7(2)10-13-9-5-8(3-4-15)6-12-11(9)14-10/h4-7H,3H2,1-2H3,(H,12,13,14). The number of imidazole rings is 1. The molecule has 0 saturated heterocycles. The van der Waals surface area contributed by atoms with Crippen molar-refractivity contribution in [2.24, 2.45) is 0 Å². The van der Waals surface area contributed by atoms with Gasteiger partial charge in [0.1, 0.15) is 12.1 Å². The third-order valence-electron chi connectivity index (χ3n) is 2.28. The van der Waals surface area contributed by atoms with E-state index in [4.69, 9.17) is 0 Å². The van der Waals surface area contributed by atoms with Crippen LogP contribution in [0.4, 0.5) is 0 Å². The molecular formula is C11H13N3O. The minimum absolute atomic E-state index is 0.355. The Morgan fingerprint density at radius 2 is 2.33 bits per heavy atom. The highest BCUT2D eigenvalue weighted by Crippen LogP contribution is 2.16. The number of aromatic amines is 1. The zero-order valence-electron chi connectivity index (χ0n) is 8.82. The van der Waals surface area contributed by atoms with Gasteiger partial charge in [-0.2, -0.15) is 0 Å². The molecule has 0 spiro atoms. The molecule has 1 N–H and O–H groups in total. The largest absolute Gasteiger partial charge is 0.340 e. The number of pyridine rings is 1. The second-order valence-corrected chi connectivity index (χ2v) is 3.86. The number of rotatable bonds is 3. The van der Waals surface area contributed by atoms with Crippen LogP contribution in [0, 0.1) is 0 Å². The lowest BCUT2D eigenvalue weighted by molar-refractivity contribution is -0.107. The van der Waals surface area contributed by atoms with E-state index >= 15 is 0 Å². The summed E-state index contributed by atoms with van der Waals surface area (Å²) in [6.45, 7) is 4.15. The van der Waals surface area contributed by atoms with Gasteiger partial charge in [-0.3, -0.25) is 0 Å². The average Bonchev–Trinajstić information content (AvgIpc) is 2.61. The van der Waals surface area contributed by atoms with Gasteiger partial charge in [-0.15, -0.1) is 0 Å². The normalized spacial score (nSPS) is 11.1. The van der Waals surface area contributed by atoms with Gasteiger partial charge in [0.2, 0.25) is 0 Å². The Labute approximate surface area is 87.7 Å². The fourth-order valence-electron chi connectivity index (χ4n) is 1.44. The Bertz CT molecular complexity index is 488. The number of nitrogens with zero attached hydrogens (tertiary/aromatic N) is 2. The molecule has 0 amide bonds. The van der Waals surface area contributed by atoms with Crippen molar-refractivity contribution in [2.45, 2.75) is 26.2 Å². The SMILES string of the molecule is CC(C)c1nc2ncc(CC=O)cc2[nH]1. The summed E-state index contributed by atoms with van der Waals surface area (Å²) in [7, 11) is 0. The second-order valence-electron chi connectivity index (χ2n) is 3.86. The molecule has 0 radical (unpaired) electrons. The molecule has 78 valence electrons. The molecule has 2 aromatic heterocycles. The molecule has 4 heteroatoms. The Morgan fingerprint density at radius 3 is 3.00 bits per heavy atom. The van der Waals surface area contributed by atoms with E-state index < -0.39 is 0 Å². The van der Waals surface area contributed by atoms with Gasteiger partial charge in [-0.1, -0.05) is 13.8 Å². The maximum absolute atomic E-state index is 10.4. The number of aldehydes is 1. The number of aromatic nitrogens is 3. The molecule has 2 rings (SSSR count). The predicted molar refractivity (Wildman–Crippen MR) is 57.7 cm³/mol. The highest BCUT2D eigenvalue weighted by molar-refractivity contribution is 5.72. The lowest BCUT2D eigenvalue weighted by atomic mass is 10.2. The van der Waals surface area contributed by atoms with Crippen molar-refractivity contribution in [3.63, 3.8) is 0 Å². The van der Waals surface area contributed by atoms with E-state index in [-0.39, 0.29) is 0 Å². The summed E-state index contributed by atoms with van der Waals surface area (Å²) in [5.41, 5.74) is 2.53. The third-order valence-corrected chi connectivity index (χ3v) is 2.28. The maximum Gasteiger partial charge on any atom is 0.177 e. The first-order valence-corrected chi connectivity index (χ1v) is 4.99. The van der Waals surface area contributed by atoms with E-state index in [0.717, 1.165) is 23.2 Å². The van der Waals surface area contributed by atoms with Gasteiger partial charge >= 0.3 is 0 Å². The first kappa shape index (κ1) is 9.83. The van der Waals surface area contributed by atoms with Crippen LogP contribution in [-0.4, -0.2) is 21.2 Å². The highest BCUT2D eigenvalue weighted by atomic mass is 16.1. The lowest BCUT2D eigenvalue weighted by Gasteiger charge is -1.95. The smallest absolute Gasteiger partial charge is 0.177 e. The zero-order chi connectivity index (χ0) is 10.8. The van der Waals surface area contributed by atoms with Crippen LogP contribution in [0.15, 0.2) is 12.3 Å². The van der Waals surface area contributed by atoms with Crippen molar-refractivity contribution in [1.82, 2.24) is 15.0 Å². The maximum atomic E-state index is 10.4. The number of carbonyl (C=O) groups is 1. The number of nitrogens with one attached hydrogen (secondary N) is 1. The molecule has 0 atom stereocenters. The molecule has 2 heterocycles. The van der Waals surface area contributed by atoms with E-state index in [0.29, 0.717) is 18.0 Å². The van der Waals surface area contributed by atoms with Crippen molar-refractivity contribution in [3.05, 3.63) is 23.7 Å². The van der Waals surface area contributed by atoms with Gasteiger partial charge in [0.25, 0.3) is 0 Å². The van der Waals surface area contributed by atoms with Gasteiger partial charge in [0, 0.05) is 18.5 Å². The van der Waals surface area contributed by atoms with E-state index in [9.17, 15) is 4.79 Å². The molecule has 0 saturated carbocycles. The summed E-state index contributed by atoms with van der Waals surface area (Å²) in [5.74, 6) is 1.29. The van der Waals surface area contributed by atoms with Gasteiger partial charge < -0.3 is 9.78 Å². The fraction of sp³-hybridized carbons (Fsp3) is 0.364. The summed E-state index contributed by atoms with van der Waals surface area (Å²) in [6, 6.07) is 1.93. The van der Waals surface area contributed by atoms with E-state index in [2.05, 4.69) is 28.8 Å². The molecule has 0 bridgehead atoms. The third kappa shape index (κ3) is 1.88. The zero-order valence-corrected chi connectivity index (χ0v) is 8.82. The van der Waals surface area contributed by atoms with Gasteiger partial charge in [-0.25, -0.2) is 9.97 Å². The summed E-state index contributed by atoms with van der Waals surface area (Å²) >= 11 is 0. The van der Waals surface area contributed by atoms with Crippen LogP contribution in [0.3, 0.4) is 0 Å². The molecular weight excluding hydrogens is 190 g/mol. The highest BCUT2D eigenvalue weighted by Gasteiger charge is 2.07. The van der Waals surface area contributed by atoms with Gasteiger partial charge in [0.15, 0.2) is 5.65 Å². The quantitative estimate of drug-likeness (QED) is 0.774. The summed E-state index contributed by atoms with van der Waals surface area (Å²) < 4.78 is 0. The summed E-state index contributed by atoms with van der Waals surface area (Å²) in [6.07, 6.45) is 2.98. The monoisotopic (exact) mass is 203 g/mol. The Balaban J connectivity index is 2.47. The van der Waals surface area contributed by atoms with Crippen molar-refractivity contribution in [1.29, 1.82) is 0 Å². The van der Waals surface area contributed by atoms with Crippen molar-refractivity contribution in [2.75, 3.05) is 0 Å². The van der Waals surface area contributed by atoms with E-state index in [1.54, 1.807) is 6.20 Å². The van der Waals surface area contributed by atoms with Crippen molar-refractivity contribution < 1.29 is 4.79 Å². The van der Waals surface area contributed by atoms with Crippen LogP contribution in [0.1, 0.15) is 31.2 Å². The first-order valence-electron chi connectivity index (χ1n) is 4.99. The lowest BCUT2D eigenvalue weighted by Crippen LogP contribution is -1.88. The minimum atomic E-state index is 0.355. The van der Waals surface area contributed by atoms with E-state index in [1.165, 1.54) is 0 Å². The Morgan fingerprint density at radius 1 is 1.53 bits per heavy atom. The molecule has 4 nitrogen and oxygen atoms in total. The minimum Gasteiger partial charge on any atom is -0.340 e. The molecule has 0 aromatic carbocycles. The van der Waals surface area contributed by atoms with Crippen LogP contribution in [0.2, 0.25) is 0 Å². The summed E-state index contributed by atoms with van der Waals surface area (Å²) in [5, 5.41) is 0. The molecule has 0 aliphatic rings. The van der Waals surface area contributed by atoms with Crippen molar-refractivity contribution in [3.8, 4) is 0 Å². The number of carbonyl (C=O) groups excluding carboxylic acids is 1.